The Labute approximate surface area is 157 Å². The molecule has 0 aliphatic rings. The van der Waals surface area contributed by atoms with Crippen LogP contribution >= 0.6 is 0 Å². The zero-order chi connectivity index (χ0) is 18.9. The van der Waals surface area contributed by atoms with Crippen LogP contribution in [0.2, 0.25) is 0 Å². The molecule has 0 aliphatic heterocycles. The lowest BCUT2D eigenvalue weighted by Crippen LogP contribution is -2.34. The van der Waals surface area contributed by atoms with Gasteiger partial charge in [-0.3, -0.25) is 4.90 Å². The van der Waals surface area contributed by atoms with Crippen LogP contribution in [-0.4, -0.2) is 18.0 Å². The van der Waals surface area contributed by atoms with E-state index < -0.39 is 0 Å². The molecule has 0 saturated heterocycles. The summed E-state index contributed by atoms with van der Waals surface area (Å²) < 4.78 is 26.9. The van der Waals surface area contributed by atoms with Crippen molar-refractivity contribution in [2.45, 2.75) is 52.5 Å². The Morgan fingerprint density at radius 3 is 1.73 bits per heavy atom. The van der Waals surface area contributed by atoms with Gasteiger partial charge in [0.25, 0.3) is 0 Å². The number of halogens is 2. The third kappa shape index (κ3) is 5.91. The summed E-state index contributed by atoms with van der Waals surface area (Å²) in [6.07, 6.45) is 4.69. The Morgan fingerprint density at radius 1 is 0.808 bits per heavy atom. The second kappa shape index (κ2) is 10.4. The average Bonchev–Trinajstić information content (AvgIpc) is 2.63. The third-order valence-corrected chi connectivity index (χ3v) is 4.84. The first-order valence-electron chi connectivity index (χ1n) is 9.80. The molecule has 0 aromatic heterocycles. The molecule has 142 valence electrons. The summed E-state index contributed by atoms with van der Waals surface area (Å²) in [6, 6.07) is 13.5. The van der Waals surface area contributed by atoms with Crippen molar-refractivity contribution in [3.63, 3.8) is 0 Å². The maximum atomic E-state index is 13.4. The topological polar surface area (TPSA) is 3.24 Å². The lowest BCUT2D eigenvalue weighted by Gasteiger charge is -2.34. The Kier molecular flexibility index (Phi) is 8.24. The Balaban J connectivity index is 2.34. The van der Waals surface area contributed by atoms with E-state index in [1.165, 1.54) is 43.5 Å². The second-order valence-electron chi connectivity index (χ2n) is 7.25. The van der Waals surface area contributed by atoms with E-state index in [2.05, 4.69) is 25.7 Å². The number of hydrogen-bond donors (Lipinski definition) is 0. The van der Waals surface area contributed by atoms with E-state index in [1.54, 1.807) is 0 Å². The SMILES string of the molecule is CCCC[C@H](C)CN(CCC)C(c1ccc(F)cc1)c1ccc(F)cc1. The summed E-state index contributed by atoms with van der Waals surface area (Å²) in [5, 5.41) is 0. The van der Waals surface area contributed by atoms with E-state index in [0.29, 0.717) is 5.92 Å². The van der Waals surface area contributed by atoms with Crippen LogP contribution in [-0.2, 0) is 0 Å². The summed E-state index contributed by atoms with van der Waals surface area (Å²) in [5.74, 6) is 0.125. The van der Waals surface area contributed by atoms with E-state index in [4.69, 9.17) is 0 Å². The van der Waals surface area contributed by atoms with Gasteiger partial charge in [0.2, 0.25) is 0 Å². The largest absolute Gasteiger partial charge is 0.292 e. The number of unbranched alkanes of at least 4 members (excludes halogenated alkanes) is 1. The quantitative estimate of drug-likeness (QED) is 0.462. The monoisotopic (exact) mass is 359 g/mol. The molecule has 2 aromatic carbocycles. The van der Waals surface area contributed by atoms with Crippen molar-refractivity contribution >= 4 is 0 Å². The minimum atomic E-state index is -0.232. The number of rotatable bonds is 10. The first-order valence-corrected chi connectivity index (χ1v) is 9.80. The molecule has 0 radical (unpaired) electrons. The van der Waals surface area contributed by atoms with Crippen molar-refractivity contribution in [2.24, 2.45) is 5.92 Å². The van der Waals surface area contributed by atoms with Gasteiger partial charge in [-0.25, -0.2) is 8.78 Å². The van der Waals surface area contributed by atoms with E-state index >= 15 is 0 Å². The van der Waals surface area contributed by atoms with Crippen LogP contribution < -0.4 is 0 Å². The summed E-state index contributed by atoms with van der Waals surface area (Å²) in [6.45, 7) is 8.63. The molecule has 1 atom stereocenters. The summed E-state index contributed by atoms with van der Waals surface area (Å²) >= 11 is 0. The van der Waals surface area contributed by atoms with Gasteiger partial charge in [-0.05, 0) is 60.7 Å². The van der Waals surface area contributed by atoms with Crippen LogP contribution in [0.1, 0.15) is 63.6 Å². The molecule has 0 heterocycles. The minimum absolute atomic E-state index is 0.0141. The van der Waals surface area contributed by atoms with Gasteiger partial charge in [0.15, 0.2) is 0 Å². The van der Waals surface area contributed by atoms with Gasteiger partial charge in [0.05, 0.1) is 6.04 Å². The van der Waals surface area contributed by atoms with Crippen molar-refractivity contribution in [1.29, 1.82) is 0 Å². The highest BCUT2D eigenvalue weighted by Gasteiger charge is 2.23. The Morgan fingerprint density at radius 2 is 1.31 bits per heavy atom. The molecule has 2 rings (SSSR count). The molecule has 2 aromatic rings. The van der Waals surface area contributed by atoms with Gasteiger partial charge in [-0.15, -0.1) is 0 Å². The summed E-state index contributed by atoms with van der Waals surface area (Å²) in [4.78, 5) is 2.46. The summed E-state index contributed by atoms with van der Waals surface area (Å²) in [5.41, 5.74) is 2.10. The van der Waals surface area contributed by atoms with Crippen molar-refractivity contribution in [3.8, 4) is 0 Å². The summed E-state index contributed by atoms with van der Waals surface area (Å²) in [7, 11) is 0. The van der Waals surface area contributed by atoms with Crippen LogP contribution in [0.3, 0.4) is 0 Å². The Bertz CT molecular complexity index is 591. The predicted octanol–water partition coefficient (Wildman–Crippen LogP) is 6.59. The van der Waals surface area contributed by atoms with Gasteiger partial charge in [-0.1, -0.05) is 57.9 Å². The predicted molar refractivity (Wildman–Crippen MR) is 105 cm³/mol. The fourth-order valence-corrected chi connectivity index (χ4v) is 3.56. The zero-order valence-electron chi connectivity index (χ0n) is 16.2. The van der Waals surface area contributed by atoms with Crippen molar-refractivity contribution < 1.29 is 8.78 Å². The minimum Gasteiger partial charge on any atom is -0.292 e. The van der Waals surface area contributed by atoms with Crippen molar-refractivity contribution in [3.05, 3.63) is 71.3 Å². The fourth-order valence-electron chi connectivity index (χ4n) is 3.56. The highest BCUT2D eigenvalue weighted by atomic mass is 19.1. The van der Waals surface area contributed by atoms with Gasteiger partial charge >= 0.3 is 0 Å². The third-order valence-electron chi connectivity index (χ3n) is 4.84. The molecular weight excluding hydrogens is 328 g/mol. The van der Waals surface area contributed by atoms with Gasteiger partial charge in [0, 0.05) is 6.54 Å². The Hall–Kier alpha value is -1.74. The van der Waals surface area contributed by atoms with Gasteiger partial charge in [0.1, 0.15) is 11.6 Å². The first kappa shape index (κ1) is 20.6. The average molecular weight is 360 g/mol. The number of hydrogen-bond acceptors (Lipinski definition) is 1. The molecule has 0 unspecified atom stereocenters. The molecule has 0 fully saturated rings. The molecule has 3 heteroatoms. The van der Waals surface area contributed by atoms with Crippen LogP contribution in [0.25, 0.3) is 0 Å². The van der Waals surface area contributed by atoms with E-state index in [1.807, 2.05) is 24.3 Å². The van der Waals surface area contributed by atoms with E-state index in [9.17, 15) is 8.78 Å². The van der Waals surface area contributed by atoms with E-state index in [0.717, 1.165) is 30.6 Å². The normalized spacial score (nSPS) is 12.7. The van der Waals surface area contributed by atoms with Gasteiger partial charge < -0.3 is 0 Å². The molecule has 26 heavy (non-hydrogen) atoms. The molecule has 0 N–H and O–H groups in total. The number of nitrogens with zero attached hydrogens (tertiary/aromatic N) is 1. The maximum Gasteiger partial charge on any atom is 0.123 e. The molecule has 0 spiro atoms. The van der Waals surface area contributed by atoms with Gasteiger partial charge in [-0.2, -0.15) is 0 Å². The molecular formula is C23H31F2N. The van der Waals surface area contributed by atoms with Crippen LogP contribution in [0.5, 0.6) is 0 Å². The molecule has 0 aliphatic carbocycles. The number of benzene rings is 2. The van der Waals surface area contributed by atoms with Crippen LogP contribution in [0.15, 0.2) is 48.5 Å². The molecule has 1 nitrogen and oxygen atoms in total. The lowest BCUT2D eigenvalue weighted by molar-refractivity contribution is 0.190. The van der Waals surface area contributed by atoms with Crippen molar-refractivity contribution in [1.82, 2.24) is 4.90 Å². The highest BCUT2D eigenvalue weighted by Crippen LogP contribution is 2.30. The van der Waals surface area contributed by atoms with Crippen LogP contribution in [0.4, 0.5) is 8.78 Å². The highest BCUT2D eigenvalue weighted by molar-refractivity contribution is 5.32. The first-order chi connectivity index (χ1) is 12.5. The zero-order valence-corrected chi connectivity index (χ0v) is 16.2. The smallest absolute Gasteiger partial charge is 0.123 e. The molecule has 0 amide bonds. The van der Waals surface area contributed by atoms with Crippen LogP contribution in [0, 0.1) is 17.6 Å². The molecule has 0 saturated carbocycles. The lowest BCUT2D eigenvalue weighted by atomic mass is 9.94. The van der Waals surface area contributed by atoms with E-state index in [-0.39, 0.29) is 17.7 Å². The second-order valence-corrected chi connectivity index (χ2v) is 7.25. The molecule has 0 bridgehead atoms. The fraction of sp³-hybridized carbons (Fsp3) is 0.478. The standard InChI is InChI=1S/C23H31F2N/c1-4-6-7-18(3)17-26(16-5-2)23(19-8-12-21(24)13-9-19)20-10-14-22(25)15-11-20/h8-15,18,23H,4-7,16-17H2,1-3H3/t18-/m0/s1. The maximum absolute atomic E-state index is 13.4. The van der Waals surface area contributed by atoms with Crippen molar-refractivity contribution in [2.75, 3.05) is 13.1 Å².